The molecule has 0 spiro atoms. The Hall–Kier alpha value is 1.54. The highest BCUT2D eigenvalue weighted by Crippen LogP contribution is 3.04. The van der Waals surface area contributed by atoms with Crippen molar-refractivity contribution in [1.82, 2.24) is 0 Å². The van der Waals surface area contributed by atoms with Gasteiger partial charge in [0.1, 0.15) is 4.33 Å². The molecule has 0 aliphatic heterocycles. The lowest BCUT2D eigenvalue weighted by molar-refractivity contribution is -0.337. The third-order valence-electron chi connectivity index (χ3n) is 5.75. The van der Waals surface area contributed by atoms with Crippen molar-refractivity contribution in [1.29, 1.82) is 0 Å². The molecule has 6 saturated carbocycles. The molecule has 0 heterocycles. The van der Waals surface area contributed by atoms with Crippen LogP contribution in [0.3, 0.4) is 0 Å². The van der Waals surface area contributed by atoms with E-state index in [2.05, 4.69) is 31.9 Å². The van der Waals surface area contributed by atoms with Crippen LogP contribution in [0, 0.1) is 35.5 Å². The number of halogens is 4. The number of alkyl halides is 4. The standard InChI is InChI=1S/C9H6Br2Cl2/c10-7-1-4-2(7)6-3(7)5(1)8(4,11)9(6,12)13/h1-6H/t1?,2-,3-,4-,5-,6?,7?,8?/m0/s1. The molecule has 0 aromatic carbocycles. The Morgan fingerprint density at radius 1 is 0.769 bits per heavy atom. The van der Waals surface area contributed by atoms with E-state index in [1.165, 1.54) is 0 Å². The molecule has 0 amide bonds. The van der Waals surface area contributed by atoms with Gasteiger partial charge in [0.15, 0.2) is 0 Å². The van der Waals surface area contributed by atoms with Gasteiger partial charge in [-0.15, -0.1) is 0 Å². The molecule has 0 saturated heterocycles. The lowest BCUT2D eigenvalue weighted by atomic mass is 9.20. The minimum atomic E-state index is -0.470. The van der Waals surface area contributed by atoms with Gasteiger partial charge in [0.05, 0.1) is 4.32 Å². The van der Waals surface area contributed by atoms with E-state index in [9.17, 15) is 0 Å². The Kier molecular flexibility index (Phi) is 0.901. The maximum Gasteiger partial charge on any atom is 0.137 e. The van der Waals surface area contributed by atoms with E-state index in [0.717, 1.165) is 29.6 Å². The molecule has 4 heteroatoms. The van der Waals surface area contributed by atoms with Crippen molar-refractivity contribution in [3.05, 3.63) is 0 Å². The minimum Gasteiger partial charge on any atom is -0.0997 e. The van der Waals surface area contributed by atoms with E-state index in [1.807, 2.05) is 0 Å². The van der Waals surface area contributed by atoms with Crippen LogP contribution in [0.2, 0.25) is 0 Å². The summed E-state index contributed by atoms with van der Waals surface area (Å²) in [7, 11) is 0. The van der Waals surface area contributed by atoms with Crippen LogP contribution in [-0.4, -0.2) is 13.0 Å². The highest BCUT2D eigenvalue weighted by Gasteiger charge is 3.07. The van der Waals surface area contributed by atoms with Crippen molar-refractivity contribution >= 4 is 55.1 Å². The van der Waals surface area contributed by atoms with Gasteiger partial charge >= 0.3 is 0 Å². The first kappa shape index (κ1) is 7.76. The van der Waals surface area contributed by atoms with Crippen LogP contribution in [0.4, 0.5) is 0 Å². The Labute approximate surface area is 103 Å². The van der Waals surface area contributed by atoms with E-state index in [4.69, 9.17) is 23.2 Å². The van der Waals surface area contributed by atoms with Crippen molar-refractivity contribution in [3.63, 3.8) is 0 Å². The molecule has 0 nitrogen and oxygen atoms in total. The van der Waals surface area contributed by atoms with E-state index < -0.39 is 4.33 Å². The summed E-state index contributed by atoms with van der Waals surface area (Å²) in [5, 5.41) is 0. The summed E-state index contributed by atoms with van der Waals surface area (Å²) in [5.41, 5.74) is 0. The zero-order valence-electron chi connectivity index (χ0n) is 6.48. The molecule has 0 N–H and O–H groups in total. The minimum absolute atomic E-state index is 0.100. The van der Waals surface area contributed by atoms with Crippen molar-refractivity contribution in [2.75, 3.05) is 0 Å². The summed E-state index contributed by atoms with van der Waals surface area (Å²) in [6, 6.07) is 0. The number of hydrogen-bond donors (Lipinski definition) is 0. The predicted octanol–water partition coefficient (Wildman–Crippen LogP) is 3.19. The lowest BCUT2D eigenvalue weighted by Crippen LogP contribution is -2.93. The van der Waals surface area contributed by atoms with E-state index in [-0.39, 0.29) is 4.32 Å². The smallest absolute Gasteiger partial charge is 0.0997 e. The van der Waals surface area contributed by atoms with Crippen molar-refractivity contribution in [3.8, 4) is 0 Å². The third kappa shape index (κ3) is 0.362. The van der Waals surface area contributed by atoms with E-state index >= 15 is 0 Å². The quantitative estimate of drug-likeness (QED) is 0.592. The highest BCUT2D eigenvalue weighted by atomic mass is 79.9. The lowest BCUT2D eigenvalue weighted by Gasteiger charge is -2.90. The van der Waals surface area contributed by atoms with Gasteiger partial charge in [0.2, 0.25) is 0 Å². The van der Waals surface area contributed by atoms with Crippen molar-refractivity contribution in [2.24, 2.45) is 35.5 Å². The molecule has 0 unspecified atom stereocenters. The average molecular weight is 345 g/mol. The summed E-state index contributed by atoms with van der Waals surface area (Å²) in [6.45, 7) is 0. The van der Waals surface area contributed by atoms with Crippen LogP contribution in [0.5, 0.6) is 0 Å². The second-order valence-corrected chi connectivity index (χ2v) is 9.44. The molecule has 0 radical (unpaired) electrons. The second-order valence-electron chi connectivity index (χ2n) is 5.37. The highest BCUT2D eigenvalue weighted by molar-refractivity contribution is 9.10. The summed E-state index contributed by atoms with van der Waals surface area (Å²) < 4.78 is 0.126. The molecule has 13 heavy (non-hydrogen) atoms. The van der Waals surface area contributed by atoms with Crippen LogP contribution < -0.4 is 0 Å². The zero-order valence-corrected chi connectivity index (χ0v) is 11.2. The van der Waals surface area contributed by atoms with Crippen LogP contribution in [0.1, 0.15) is 0 Å². The first-order chi connectivity index (χ1) is 5.98. The summed E-state index contributed by atoms with van der Waals surface area (Å²) in [6.07, 6.45) is 0. The molecular weight excluding hydrogens is 339 g/mol. The maximum absolute atomic E-state index is 6.50. The Balaban J connectivity index is 1.85. The van der Waals surface area contributed by atoms with Gasteiger partial charge in [-0.1, -0.05) is 55.1 Å². The SMILES string of the molecule is ClC1(Cl)C2[C@@H]3[C@@H]4C5[C@@H]([C@@H]2C53Br)C41Br. The van der Waals surface area contributed by atoms with Gasteiger partial charge < -0.3 is 0 Å². The van der Waals surface area contributed by atoms with Gasteiger partial charge in [-0.05, 0) is 29.6 Å². The fourth-order valence-electron chi connectivity index (χ4n) is 5.60. The average Bonchev–Trinajstić information content (AvgIpc) is 2.20. The number of rotatable bonds is 0. The van der Waals surface area contributed by atoms with Crippen LogP contribution in [0.25, 0.3) is 0 Å². The monoisotopic (exact) mass is 342 g/mol. The zero-order chi connectivity index (χ0) is 8.96. The molecule has 4 atom stereocenters. The molecule has 6 aliphatic rings. The Morgan fingerprint density at radius 2 is 1.23 bits per heavy atom. The Morgan fingerprint density at radius 3 is 1.62 bits per heavy atom. The summed E-state index contributed by atoms with van der Waals surface area (Å²) in [5.74, 6) is 4.60. The van der Waals surface area contributed by atoms with E-state index in [1.54, 1.807) is 0 Å². The first-order valence-electron chi connectivity index (χ1n) is 4.74. The Bertz CT molecular complexity index is 360. The van der Waals surface area contributed by atoms with Crippen LogP contribution in [0.15, 0.2) is 0 Å². The van der Waals surface area contributed by atoms with Crippen LogP contribution >= 0.6 is 55.1 Å². The topological polar surface area (TPSA) is 0 Å². The maximum atomic E-state index is 6.50. The second kappa shape index (κ2) is 1.51. The van der Waals surface area contributed by atoms with Gasteiger partial charge in [-0.2, -0.15) is 0 Å². The fourth-order valence-corrected chi connectivity index (χ4v) is 9.76. The molecule has 0 aromatic heterocycles. The van der Waals surface area contributed by atoms with Crippen molar-refractivity contribution < 1.29 is 0 Å². The van der Waals surface area contributed by atoms with Crippen molar-refractivity contribution in [2.45, 2.75) is 13.0 Å². The molecule has 6 aliphatic carbocycles. The van der Waals surface area contributed by atoms with Gasteiger partial charge in [-0.3, -0.25) is 0 Å². The molecule has 0 aromatic rings. The predicted molar refractivity (Wildman–Crippen MR) is 58.7 cm³/mol. The normalized spacial score (nSPS) is 87.7. The summed E-state index contributed by atoms with van der Waals surface area (Å²) in [4.78, 5) is 0. The molecule has 2 bridgehead atoms. The first-order valence-corrected chi connectivity index (χ1v) is 7.08. The van der Waals surface area contributed by atoms with E-state index in [0.29, 0.717) is 10.2 Å². The molecule has 70 valence electrons. The summed E-state index contributed by atoms with van der Waals surface area (Å²) >= 11 is 20.7. The molecule has 6 rings (SSSR count). The fraction of sp³-hybridized carbons (Fsp3) is 1.00. The van der Waals surface area contributed by atoms with Gasteiger partial charge in [0.25, 0.3) is 0 Å². The largest absolute Gasteiger partial charge is 0.137 e. The van der Waals surface area contributed by atoms with Gasteiger partial charge in [-0.25, -0.2) is 0 Å². The van der Waals surface area contributed by atoms with Crippen LogP contribution in [-0.2, 0) is 0 Å². The molecule has 6 fully saturated rings. The molecular formula is C9H6Br2Cl2. The van der Waals surface area contributed by atoms with Gasteiger partial charge in [0, 0.05) is 10.2 Å². The number of hydrogen-bond acceptors (Lipinski definition) is 0. The third-order valence-corrected chi connectivity index (χ3v) is 10.6.